The number of nitrogens with one attached hydrogen (secondary N) is 1. The van der Waals surface area contributed by atoms with Gasteiger partial charge in [-0.05, 0) is 49.2 Å². The Labute approximate surface area is 173 Å². The van der Waals surface area contributed by atoms with Crippen LogP contribution >= 0.6 is 0 Å². The standard InChI is InChI=1S/C21H17F6N3O/c1-13-28-10-11-30(13)18-8-7-16(12-17(18)21(25,26)27)29-19(31)9-4-14-2-5-15(6-3-14)20(22,23)24/h2-3,5-8,10-12H,4,9H2,1H3,(H,29,31). The van der Waals surface area contributed by atoms with Crippen molar-refractivity contribution < 1.29 is 31.1 Å². The number of alkyl halides is 6. The van der Waals surface area contributed by atoms with Crippen molar-refractivity contribution in [2.24, 2.45) is 0 Å². The van der Waals surface area contributed by atoms with E-state index in [4.69, 9.17) is 0 Å². The molecule has 0 saturated heterocycles. The van der Waals surface area contributed by atoms with Crippen LogP contribution in [-0.4, -0.2) is 15.5 Å². The predicted octanol–water partition coefficient (Wildman–Crippen LogP) is 5.79. The summed E-state index contributed by atoms with van der Waals surface area (Å²) in [5, 5.41) is 2.40. The zero-order chi connectivity index (χ0) is 22.8. The Morgan fingerprint density at radius 3 is 2.23 bits per heavy atom. The molecular weight excluding hydrogens is 424 g/mol. The number of carbonyl (C=O) groups is 1. The van der Waals surface area contributed by atoms with E-state index in [1.807, 2.05) is 0 Å². The largest absolute Gasteiger partial charge is 0.418 e. The smallest absolute Gasteiger partial charge is 0.326 e. The van der Waals surface area contributed by atoms with E-state index < -0.39 is 29.4 Å². The highest BCUT2D eigenvalue weighted by Gasteiger charge is 2.34. The van der Waals surface area contributed by atoms with Crippen molar-refractivity contribution >= 4 is 11.6 Å². The van der Waals surface area contributed by atoms with Crippen LogP contribution < -0.4 is 5.32 Å². The minimum Gasteiger partial charge on any atom is -0.326 e. The molecule has 0 bridgehead atoms. The lowest BCUT2D eigenvalue weighted by Gasteiger charge is -2.16. The van der Waals surface area contributed by atoms with E-state index in [1.54, 1.807) is 6.92 Å². The number of hydrogen-bond acceptors (Lipinski definition) is 2. The van der Waals surface area contributed by atoms with Gasteiger partial charge in [-0.15, -0.1) is 0 Å². The molecule has 0 radical (unpaired) electrons. The first-order valence-corrected chi connectivity index (χ1v) is 9.13. The zero-order valence-electron chi connectivity index (χ0n) is 16.2. The Balaban J connectivity index is 1.71. The molecule has 0 fully saturated rings. The van der Waals surface area contributed by atoms with E-state index in [0.29, 0.717) is 11.4 Å². The van der Waals surface area contributed by atoms with E-state index in [9.17, 15) is 31.1 Å². The molecule has 4 nitrogen and oxygen atoms in total. The monoisotopic (exact) mass is 441 g/mol. The van der Waals surface area contributed by atoms with Gasteiger partial charge in [0.1, 0.15) is 5.82 Å². The van der Waals surface area contributed by atoms with Gasteiger partial charge in [0.25, 0.3) is 0 Å². The summed E-state index contributed by atoms with van der Waals surface area (Å²) in [7, 11) is 0. The number of amides is 1. The topological polar surface area (TPSA) is 46.9 Å². The first kappa shape index (κ1) is 22.4. The molecule has 31 heavy (non-hydrogen) atoms. The fourth-order valence-corrected chi connectivity index (χ4v) is 3.03. The summed E-state index contributed by atoms with van der Waals surface area (Å²) in [5.74, 6) is -0.182. The van der Waals surface area contributed by atoms with Gasteiger partial charge in [0.2, 0.25) is 5.91 Å². The Morgan fingerprint density at radius 2 is 1.68 bits per heavy atom. The number of rotatable bonds is 5. The van der Waals surface area contributed by atoms with Crippen molar-refractivity contribution in [3.63, 3.8) is 0 Å². The molecule has 2 aromatic carbocycles. The third-order valence-corrected chi connectivity index (χ3v) is 4.59. The highest BCUT2D eigenvalue weighted by Crippen LogP contribution is 2.36. The number of nitrogens with zero attached hydrogens (tertiary/aromatic N) is 2. The zero-order valence-corrected chi connectivity index (χ0v) is 16.2. The van der Waals surface area contributed by atoms with E-state index in [0.717, 1.165) is 18.2 Å². The van der Waals surface area contributed by atoms with E-state index in [1.165, 1.54) is 41.2 Å². The van der Waals surface area contributed by atoms with Gasteiger partial charge >= 0.3 is 12.4 Å². The number of halogens is 6. The van der Waals surface area contributed by atoms with Crippen LogP contribution in [0.4, 0.5) is 32.0 Å². The summed E-state index contributed by atoms with van der Waals surface area (Å²) in [4.78, 5) is 16.1. The van der Waals surface area contributed by atoms with Crippen molar-refractivity contribution in [2.75, 3.05) is 5.32 Å². The molecule has 1 heterocycles. The molecule has 0 atom stereocenters. The molecule has 1 amide bonds. The molecular formula is C21H17F6N3O. The predicted molar refractivity (Wildman–Crippen MR) is 102 cm³/mol. The summed E-state index contributed by atoms with van der Waals surface area (Å²) >= 11 is 0. The van der Waals surface area contributed by atoms with E-state index >= 15 is 0 Å². The Kier molecular flexibility index (Phi) is 6.10. The summed E-state index contributed by atoms with van der Waals surface area (Å²) in [6.45, 7) is 1.57. The van der Waals surface area contributed by atoms with Crippen LogP contribution in [0.3, 0.4) is 0 Å². The molecule has 3 aromatic rings. The maximum absolute atomic E-state index is 13.5. The molecule has 0 saturated carbocycles. The van der Waals surface area contributed by atoms with Crippen molar-refractivity contribution in [1.29, 1.82) is 0 Å². The van der Waals surface area contributed by atoms with Gasteiger partial charge in [-0.2, -0.15) is 26.3 Å². The fourth-order valence-electron chi connectivity index (χ4n) is 3.03. The van der Waals surface area contributed by atoms with Crippen LogP contribution in [0.1, 0.15) is 28.9 Å². The van der Waals surface area contributed by atoms with Crippen LogP contribution in [0.5, 0.6) is 0 Å². The molecule has 0 aliphatic carbocycles. The van der Waals surface area contributed by atoms with Gasteiger partial charge < -0.3 is 9.88 Å². The Hall–Kier alpha value is -3.30. The van der Waals surface area contributed by atoms with Crippen LogP contribution in [0.25, 0.3) is 5.69 Å². The highest BCUT2D eigenvalue weighted by molar-refractivity contribution is 5.91. The molecule has 1 aromatic heterocycles. The summed E-state index contributed by atoms with van der Waals surface area (Å²) in [5.41, 5.74) is -1.38. The third kappa shape index (κ3) is 5.44. The van der Waals surface area contributed by atoms with Crippen molar-refractivity contribution in [3.05, 3.63) is 77.4 Å². The SMILES string of the molecule is Cc1nccn1-c1ccc(NC(=O)CCc2ccc(C(F)(F)F)cc2)cc1C(F)(F)F. The van der Waals surface area contributed by atoms with Gasteiger partial charge in [0.15, 0.2) is 0 Å². The van der Waals surface area contributed by atoms with Gasteiger partial charge in [0.05, 0.1) is 16.8 Å². The molecule has 1 N–H and O–H groups in total. The molecule has 3 rings (SSSR count). The minimum atomic E-state index is -4.66. The Bertz CT molecular complexity index is 1070. The van der Waals surface area contributed by atoms with Crippen LogP contribution in [-0.2, 0) is 23.6 Å². The Morgan fingerprint density at radius 1 is 1.00 bits per heavy atom. The lowest BCUT2D eigenvalue weighted by molar-refractivity contribution is -0.138. The second kappa shape index (κ2) is 8.44. The van der Waals surface area contributed by atoms with Crippen LogP contribution in [0.15, 0.2) is 54.9 Å². The highest BCUT2D eigenvalue weighted by atomic mass is 19.4. The number of imidazole rings is 1. The van der Waals surface area contributed by atoms with Gasteiger partial charge in [-0.3, -0.25) is 4.79 Å². The average Bonchev–Trinajstić information content (AvgIpc) is 3.11. The summed E-state index contributed by atoms with van der Waals surface area (Å²) in [6, 6.07) is 7.79. The van der Waals surface area contributed by atoms with E-state index in [2.05, 4.69) is 10.3 Å². The quantitative estimate of drug-likeness (QED) is 0.510. The lowest BCUT2D eigenvalue weighted by Crippen LogP contribution is -2.15. The normalized spacial score (nSPS) is 12.1. The second-order valence-electron chi connectivity index (χ2n) is 6.82. The average molecular weight is 441 g/mol. The third-order valence-electron chi connectivity index (χ3n) is 4.59. The lowest BCUT2D eigenvalue weighted by atomic mass is 10.1. The molecule has 10 heteroatoms. The van der Waals surface area contributed by atoms with Crippen molar-refractivity contribution in [1.82, 2.24) is 9.55 Å². The number of anilines is 1. The first-order chi connectivity index (χ1) is 14.4. The van der Waals surface area contributed by atoms with E-state index in [-0.39, 0.29) is 24.2 Å². The number of benzene rings is 2. The number of hydrogen-bond donors (Lipinski definition) is 1. The summed E-state index contributed by atoms with van der Waals surface area (Å²) < 4.78 is 79.7. The first-order valence-electron chi connectivity index (χ1n) is 9.13. The molecule has 0 aliphatic rings. The fraction of sp³-hybridized carbons (Fsp3) is 0.238. The van der Waals surface area contributed by atoms with Crippen molar-refractivity contribution in [2.45, 2.75) is 32.1 Å². The number of carbonyl (C=O) groups excluding carboxylic acids is 1. The van der Waals surface area contributed by atoms with Crippen LogP contribution in [0, 0.1) is 6.92 Å². The molecule has 0 spiro atoms. The molecule has 164 valence electrons. The summed E-state index contributed by atoms with van der Waals surface area (Å²) in [6.07, 6.45) is -6.29. The maximum Gasteiger partial charge on any atom is 0.418 e. The molecule has 0 unspecified atom stereocenters. The maximum atomic E-state index is 13.5. The second-order valence-corrected chi connectivity index (χ2v) is 6.82. The number of aromatic nitrogens is 2. The minimum absolute atomic E-state index is 0.0359. The van der Waals surface area contributed by atoms with Gasteiger partial charge in [-0.1, -0.05) is 12.1 Å². The van der Waals surface area contributed by atoms with Gasteiger partial charge in [-0.25, -0.2) is 4.98 Å². The van der Waals surface area contributed by atoms with Crippen LogP contribution in [0.2, 0.25) is 0 Å². The number of aryl methyl sites for hydroxylation is 2. The van der Waals surface area contributed by atoms with Crippen molar-refractivity contribution in [3.8, 4) is 5.69 Å². The molecule has 0 aliphatic heterocycles. The van der Waals surface area contributed by atoms with Gasteiger partial charge in [0, 0.05) is 24.5 Å².